The van der Waals surface area contributed by atoms with Crippen molar-refractivity contribution >= 4 is 22.7 Å². The van der Waals surface area contributed by atoms with Gasteiger partial charge in [0, 0.05) is 32.2 Å². The lowest BCUT2D eigenvalue weighted by molar-refractivity contribution is 0.0601. The van der Waals surface area contributed by atoms with E-state index in [9.17, 15) is 4.79 Å². The zero-order valence-electron chi connectivity index (χ0n) is 21.6. The normalized spacial score (nSPS) is 16.5. The number of aliphatic imine (C=N–C) groups is 1. The summed E-state index contributed by atoms with van der Waals surface area (Å²) in [6.45, 7) is 9.31. The second-order valence-electron chi connectivity index (χ2n) is 9.87. The monoisotopic (exact) mass is 494 g/mol. The number of benzene rings is 2. The van der Waals surface area contributed by atoms with Crippen molar-refractivity contribution in [1.29, 1.82) is 0 Å². The molecule has 1 aliphatic rings. The number of methoxy groups -OCH3 is 1. The Balaban J connectivity index is 1.47. The number of rotatable bonds is 7. The molecule has 1 atom stereocenters. The molecule has 1 fully saturated rings. The maximum Gasteiger partial charge on any atom is 0.435 e. The number of nitrogens with zero attached hydrogens (tertiary/aromatic N) is 4. The molecule has 4 rings (SSSR count). The summed E-state index contributed by atoms with van der Waals surface area (Å²) in [5.41, 5.74) is 0.278. The van der Waals surface area contributed by atoms with Gasteiger partial charge in [-0.2, -0.15) is 9.98 Å². The molecule has 1 aromatic heterocycles. The van der Waals surface area contributed by atoms with Crippen LogP contribution in [0, 0.1) is 0 Å². The van der Waals surface area contributed by atoms with Crippen LogP contribution in [0.1, 0.15) is 58.9 Å². The van der Waals surface area contributed by atoms with Gasteiger partial charge in [-0.1, -0.05) is 23.4 Å². The average molecular weight is 495 g/mol. The molecule has 3 aromatic rings. The molecule has 0 spiro atoms. The van der Waals surface area contributed by atoms with Crippen LogP contribution in [0.15, 0.2) is 45.9 Å². The number of aromatic nitrogens is 2. The molecule has 0 unspecified atom stereocenters. The van der Waals surface area contributed by atoms with E-state index >= 15 is 0 Å². The molecule has 0 radical (unpaired) electrons. The summed E-state index contributed by atoms with van der Waals surface area (Å²) >= 11 is 0. The first kappa shape index (κ1) is 25.6. The van der Waals surface area contributed by atoms with Gasteiger partial charge in [-0.15, -0.1) is 0 Å². The highest BCUT2D eigenvalue weighted by Gasteiger charge is 2.32. The lowest BCUT2D eigenvalue weighted by Gasteiger charge is -2.24. The van der Waals surface area contributed by atoms with E-state index < -0.39 is 11.7 Å². The summed E-state index contributed by atoms with van der Waals surface area (Å²) in [5, 5.41) is 6.37. The fourth-order valence-electron chi connectivity index (χ4n) is 4.23. The Morgan fingerprint density at radius 2 is 1.94 bits per heavy atom. The Morgan fingerprint density at radius 3 is 2.72 bits per heavy atom. The lowest BCUT2D eigenvalue weighted by Crippen LogP contribution is -2.30. The molecule has 1 saturated heterocycles. The van der Waals surface area contributed by atoms with Crippen molar-refractivity contribution in [2.75, 3.05) is 26.9 Å². The number of ether oxygens (including phenoxy) is 3. The number of carbonyl (C=O) groups excluding carboxylic acids is 1. The minimum atomic E-state index is -0.600. The zero-order chi connectivity index (χ0) is 25.7. The summed E-state index contributed by atoms with van der Waals surface area (Å²) in [6, 6.07) is 11.9. The molecule has 9 heteroatoms. The van der Waals surface area contributed by atoms with Gasteiger partial charge in [0.15, 0.2) is 0 Å². The number of fused-ring (bicyclic) bond motifs is 1. The third-order valence-corrected chi connectivity index (χ3v) is 5.87. The standard InChI is InChI=1S/C27H34N4O5/c1-18(28-26(32)35-27(2,3)4)31-13-6-8-23(31)25-29-24(30-36-25)21-10-9-20-17-22(12-11-19(20)16-21)34-15-7-14-33-5/h9-12,16-17,23H,6-8,13-15H2,1-5H3/t23-/m0/s1. The van der Waals surface area contributed by atoms with Crippen molar-refractivity contribution in [3.63, 3.8) is 0 Å². The predicted molar refractivity (Wildman–Crippen MR) is 137 cm³/mol. The van der Waals surface area contributed by atoms with Crippen molar-refractivity contribution in [3.05, 3.63) is 42.3 Å². The Morgan fingerprint density at radius 1 is 1.17 bits per heavy atom. The Kier molecular flexibility index (Phi) is 7.88. The molecule has 0 aliphatic carbocycles. The highest BCUT2D eigenvalue weighted by Crippen LogP contribution is 2.33. The van der Waals surface area contributed by atoms with Crippen molar-refractivity contribution in [1.82, 2.24) is 15.0 Å². The molecule has 36 heavy (non-hydrogen) atoms. The van der Waals surface area contributed by atoms with Gasteiger partial charge in [-0.05, 0) is 69.5 Å². The first-order valence-electron chi connectivity index (χ1n) is 12.3. The third-order valence-electron chi connectivity index (χ3n) is 5.87. The van der Waals surface area contributed by atoms with E-state index in [0.29, 0.717) is 30.8 Å². The van der Waals surface area contributed by atoms with Gasteiger partial charge >= 0.3 is 6.09 Å². The van der Waals surface area contributed by atoms with E-state index in [4.69, 9.17) is 18.7 Å². The van der Waals surface area contributed by atoms with E-state index in [1.54, 1.807) is 14.0 Å². The fraction of sp³-hybridized carbons (Fsp3) is 0.481. The molecule has 0 N–H and O–H groups in total. The van der Waals surface area contributed by atoms with Crippen LogP contribution in [0.3, 0.4) is 0 Å². The quantitative estimate of drug-likeness (QED) is 0.231. The highest BCUT2D eigenvalue weighted by atomic mass is 16.6. The minimum Gasteiger partial charge on any atom is -0.493 e. The topological polar surface area (TPSA) is 99.3 Å². The molecular weight excluding hydrogens is 460 g/mol. The minimum absolute atomic E-state index is 0.129. The number of amidine groups is 1. The zero-order valence-corrected chi connectivity index (χ0v) is 21.6. The van der Waals surface area contributed by atoms with Crippen LogP contribution >= 0.6 is 0 Å². The van der Waals surface area contributed by atoms with Crippen LogP contribution in [0.4, 0.5) is 4.79 Å². The third kappa shape index (κ3) is 6.40. The molecule has 1 amide bonds. The second kappa shape index (κ2) is 11.1. The molecule has 1 aliphatic heterocycles. The number of likely N-dealkylation sites (tertiary alicyclic amines) is 1. The summed E-state index contributed by atoms with van der Waals surface area (Å²) < 4.78 is 21.9. The van der Waals surface area contributed by atoms with Gasteiger partial charge in [-0.25, -0.2) is 4.79 Å². The van der Waals surface area contributed by atoms with Crippen LogP contribution in [-0.4, -0.2) is 59.4 Å². The van der Waals surface area contributed by atoms with Crippen molar-refractivity contribution in [2.24, 2.45) is 4.99 Å². The molecule has 2 aromatic carbocycles. The van der Waals surface area contributed by atoms with Gasteiger partial charge in [-0.3, -0.25) is 0 Å². The molecule has 0 saturated carbocycles. The maximum atomic E-state index is 12.2. The van der Waals surface area contributed by atoms with E-state index in [0.717, 1.165) is 47.9 Å². The van der Waals surface area contributed by atoms with Gasteiger partial charge in [0.05, 0.1) is 6.61 Å². The van der Waals surface area contributed by atoms with E-state index in [-0.39, 0.29) is 6.04 Å². The van der Waals surface area contributed by atoms with Crippen LogP contribution < -0.4 is 4.74 Å². The molecule has 192 valence electrons. The summed E-state index contributed by atoms with van der Waals surface area (Å²) in [4.78, 5) is 23.0. The lowest BCUT2D eigenvalue weighted by atomic mass is 10.1. The van der Waals surface area contributed by atoms with Crippen molar-refractivity contribution in [3.8, 4) is 17.1 Å². The number of carbonyl (C=O) groups is 1. The molecule has 9 nitrogen and oxygen atoms in total. The van der Waals surface area contributed by atoms with Gasteiger partial charge in [0.25, 0.3) is 0 Å². The van der Waals surface area contributed by atoms with E-state index in [2.05, 4.69) is 15.1 Å². The molecule has 0 bridgehead atoms. The molecular formula is C27H34N4O5. The van der Waals surface area contributed by atoms with Crippen molar-refractivity contribution in [2.45, 2.75) is 58.6 Å². The van der Waals surface area contributed by atoms with E-state index in [1.807, 2.05) is 62.1 Å². The van der Waals surface area contributed by atoms with Gasteiger partial charge in [0.2, 0.25) is 11.7 Å². The van der Waals surface area contributed by atoms with Crippen LogP contribution in [0.5, 0.6) is 5.75 Å². The smallest absolute Gasteiger partial charge is 0.435 e. The van der Waals surface area contributed by atoms with Crippen LogP contribution in [0.2, 0.25) is 0 Å². The van der Waals surface area contributed by atoms with E-state index in [1.165, 1.54) is 0 Å². The molecule has 2 heterocycles. The SMILES string of the molecule is COCCCOc1ccc2cc(-c3noc([C@@H]4CCCN4C(C)=NC(=O)OC(C)(C)C)n3)ccc2c1. The Labute approximate surface area is 211 Å². The highest BCUT2D eigenvalue weighted by molar-refractivity contribution is 5.90. The van der Waals surface area contributed by atoms with Gasteiger partial charge in [0.1, 0.15) is 23.2 Å². The number of amides is 1. The largest absolute Gasteiger partial charge is 0.493 e. The predicted octanol–water partition coefficient (Wildman–Crippen LogP) is 5.80. The van der Waals surface area contributed by atoms with Crippen LogP contribution in [0.25, 0.3) is 22.2 Å². The Hall–Kier alpha value is -3.46. The summed E-state index contributed by atoms with van der Waals surface area (Å²) in [5.74, 6) is 2.46. The first-order chi connectivity index (χ1) is 17.2. The summed E-state index contributed by atoms with van der Waals surface area (Å²) in [6.07, 6.45) is 2.03. The second-order valence-corrected chi connectivity index (χ2v) is 9.87. The van der Waals surface area contributed by atoms with Crippen molar-refractivity contribution < 1.29 is 23.5 Å². The summed E-state index contributed by atoms with van der Waals surface area (Å²) in [7, 11) is 1.69. The number of hydrogen-bond acceptors (Lipinski definition) is 7. The van der Waals surface area contributed by atoms with Crippen LogP contribution in [-0.2, 0) is 9.47 Å². The Bertz CT molecular complexity index is 1230. The van der Waals surface area contributed by atoms with Gasteiger partial charge < -0.3 is 23.6 Å². The first-order valence-corrected chi connectivity index (χ1v) is 12.3. The average Bonchev–Trinajstić information content (AvgIpc) is 3.50. The number of hydrogen-bond donors (Lipinski definition) is 0. The fourth-order valence-corrected chi connectivity index (χ4v) is 4.23. The maximum absolute atomic E-state index is 12.2.